The van der Waals surface area contributed by atoms with Crippen molar-refractivity contribution in [3.05, 3.63) is 89.5 Å². The van der Waals surface area contributed by atoms with Gasteiger partial charge >= 0.3 is 0 Å². The number of methoxy groups -OCH3 is 1. The Bertz CT molecular complexity index is 896. The first-order chi connectivity index (χ1) is 13.1. The Kier molecular flexibility index (Phi) is 5.99. The van der Waals surface area contributed by atoms with E-state index in [1.807, 2.05) is 24.3 Å². The summed E-state index contributed by atoms with van der Waals surface area (Å²) >= 11 is 0. The summed E-state index contributed by atoms with van der Waals surface area (Å²) in [7, 11) is 1.63. The van der Waals surface area contributed by atoms with Crippen molar-refractivity contribution >= 4 is 11.6 Å². The van der Waals surface area contributed by atoms with Crippen molar-refractivity contribution in [2.75, 3.05) is 12.4 Å². The zero-order chi connectivity index (χ0) is 19.1. The van der Waals surface area contributed by atoms with Gasteiger partial charge in [0.1, 0.15) is 11.6 Å². The molecule has 1 amide bonds. The number of nitrogens with zero attached hydrogens (tertiary/aromatic N) is 1. The van der Waals surface area contributed by atoms with Crippen LogP contribution in [0, 0.1) is 5.82 Å². The van der Waals surface area contributed by atoms with Gasteiger partial charge in [0.05, 0.1) is 18.4 Å². The molecule has 2 aromatic carbocycles. The second-order valence-corrected chi connectivity index (χ2v) is 5.97. The van der Waals surface area contributed by atoms with Crippen LogP contribution < -0.4 is 15.4 Å². The quantitative estimate of drug-likeness (QED) is 0.669. The fraction of sp³-hybridized carbons (Fsp3) is 0.143. The van der Waals surface area contributed by atoms with E-state index in [9.17, 15) is 9.18 Å². The SMILES string of the molecule is COc1ccc(CNc2cncc(C(=O)NCc3ccc(F)cc3)c2)cc1. The van der Waals surface area contributed by atoms with E-state index in [1.165, 1.54) is 18.3 Å². The van der Waals surface area contributed by atoms with Gasteiger partial charge < -0.3 is 15.4 Å². The van der Waals surface area contributed by atoms with Crippen molar-refractivity contribution < 1.29 is 13.9 Å². The average molecular weight is 365 g/mol. The van der Waals surface area contributed by atoms with Crippen molar-refractivity contribution in [3.63, 3.8) is 0 Å². The molecule has 6 heteroatoms. The van der Waals surface area contributed by atoms with Gasteiger partial charge in [-0.1, -0.05) is 24.3 Å². The summed E-state index contributed by atoms with van der Waals surface area (Å²) in [5.41, 5.74) is 3.12. The van der Waals surface area contributed by atoms with E-state index in [0.29, 0.717) is 18.7 Å². The molecule has 0 saturated heterocycles. The van der Waals surface area contributed by atoms with Gasteiger partial charge in [0.2, 0.25) is 0 Å². The number of hydrogen-bond donors (Lipinski definition) is 2. The van der Waals surface area contributed by atoms with Crippen LogP contribution in [-0.4, -0.2) is 18.0 Å². The van der Waals surface area contributed by atoms with Gasteiger partial charge in [0.15, 0.2) is 0 Å². The molecule has 3 rings (SSSR count). The summed E-state index contributed by atoms with van der Waals surface area (Å²) in [5.74, 6) is 0.269. The number of carbonyl (C=O) groups excluding carboxylic acids is 1. The molecule has 5 nitrogen and oxygen atoms in total. The summed E-state index contributed by atoms with van der Waals surface area (Å²) in [4.78, 5) is 16.4. The van der Waals surface area contributed by atoms with Gasteiger partial charge in [-0.05, 0) is 41.5 Å². The lowest BCUT2D eigenvalue weighted by molar-refractivity contribution is 0.0950. The predicted octanol–water partition coefficient (Wildman–Crippen LogP) is 3.77. The van der Waals surface area contributed by atoms with Crippen LogP contribution in [0.5, 0.6) is 5.75 Å². The monoisotopic (exact) mass is 365 g/mol. The molecule has 27 heavy (non-hydrogen) atoms. The average Bonchev–Trinajstić information content (AvgIpc) is 2.72. The van der Waals surface area contributed by atoms with Gasteiger partial charge in [-0.15, -0.1) is 0 Å². The molecule has 2 N–H and O–H groups in total. The van der Waals surface area contributed by atoms with Crippen LogP contribution in [0.4, 0.5) is 10.1 Å². The van der Waals surface area contributed by atoms with E-state index in [0.717, 1.165) is 22.6 Å². The van der Waals surface area contributed by atoms with E-state index in [2.05, 4.69) is 15.6 Å². The first-order valence-corrected chi connectivity index (χ1v) is 8.48. The Morgan fingerprint density at radius 3 is 2.37 bits per heavy atom. The predicted molar refractivity (Wildman–Crippen MR) is 102 cm³/mol. The van der Waals surface area contributed by atoms with E-state index in [1.54, 1.807) is 31.5 Å². The highest BCUT2D eigenvalue weighted by molar-refractivity contribution is 5.94. The molecule has 0 aliphatic carbocycles. The Morgan fingerprint density at radius 2 is 1.67 bits per heavy atom. The minimum Gasteiger partial charge on any atom is -0.497 e. The minimum atomic E-state index is -0.301. The highest BCUT2D eigenvalue weighted by Crippen LogP contribution is 2.14. The van der Waals surface area contributed by atoms with Crippen molar-refractivity contribution in [2.24, 2.45) is 0 Å². The van der Waals surface area contributed by atoms with Gasteiger partial charge in [0, 0.05) is 25.5 Å². The largest absolute Gasteiger partial charge is 0.497 e. The molecule has 3 aromatic rings. The molecule has 0 radical (unpaired) electrons. The standard InChI is InChI=1S/C21H20FN3O2/c1-27-20-8-4-16(5-9-20)11-24-19-10-17(13-23-14-19)21(26)25-12-15-2-6-18(22)7-3-15/h2-10,13-14,24H,11-12H2,1H3,(H,25,26). The Balaban J connectivity index is 1.56. The lowest BCUT2D eigenvalue weighted by Gasteiger charge is -2.09. The number of carbonyl (C=O) groups is 1. The number of aromatic nitrogens is 1. The van der Waals surface area contributed by atoms with Crippen LogP contribution in [-0.2, 0) is 13.1 Å². The first-order valence-electron chi connectivity index (χ1n) is 8.48. The summed E-state index contributed by atoms with van der Waals surface area (Å²) in [5, 5.41) is 6.05. The number of ether oxygens (including phenoxy) is 1. The molecular weight excluding hydrogens is 345 g/mol. The molecule has 1 aromatic heterocycles. The Hall–Kier alpha value is -3.41. The van der Waals surface area contributed by atoms with Crippen molar-refractivity contribution in [2.45, 2.75) is 13.1 Å². The summed E-state index contributed by atoms with van der Waals surface area (Å²) in [6, 6.07) is 15.5. The third kappa shape index (κ3) is 5.28. The molecule has 0 fully saturated rings. The first kappa shape index (κ1) is 18.4. The van der Waals surface area contributed by atoms with Crippen LogP contribution in [0.15, 0.2) is 67.0 Å². The number of halogens is 1. The molecule has 0 aliphatic heterocycles. The van der Waals surface area contributed by atoms with E-state index >= 15 is 0 Å². The van der Waals surface area contributed by atoms with Gasteiger partial charge in [0.25, 0.3) is 5.91 Å². The molecule has 1 heterocycles. The van der Waals surface area contributed by atoms with Crippen LogP contribution in [0.2, 0.25) is 0 Å². The fourth-order valence-electron chi connectivity index (χ4n) is 2.49. The number of pyridine rings is 1. The topological polar surface area (TPSA) is 63.2 Å². The van der Waals surface area contributed by atoms with Gasteiger partial charge in [-0.3, -0.25) is 9.78 Å². The molecule has 0 unspecified atom stereocenters. The minimum absolute atomic E-state index is 0.236. The highest BCUT2D eigenvalue weighted by atomic mass is 19.1. The fourth-order valence-corrected chi connectivity index (χ4v) is 2.49. The zero-order valence-corrected chi connectivity index (χ0v) is 14.9. The smallest absolute Gasteiger partial charge is 0.253 e. The van der Waals surface area contributed by atoms with Crippen molar-refractivity contribution in [1.29, 1.82) is 0 Å². The van der Waals surface area contributed by atoms with Crippen LogP contribution >= 0.6 is 0 Å². The van der Waals surface area contributed by atoms with E-state index in [4.69, 9.17) is 4.74 Å². The number of amides is 1. The second-order valence-electron chi connectivity index (χ2n) is 5.97. The van der Waals surface area contributed by atoms with Gasteiger partial charge in [-0.25, -0.2) is 4.39 Å². The lowest BCUT2D eigenvalue weighted by atomic mass is 10.2. The lowest BCUT2D eigenvalue weighted by Crippen LogP contribution is -2.23. The van der Waals surface area contributed by atoms with Gasteiger partial charge in [-0.2, -0.15) is 0 Å². The van der Waals surface area contributed by atoms with Crippen LogP contribution in [0.1, 0.15) is 21.5 Å². The number of rotatable bonds is 7. The van der Waals surface area contributed by atoms with Crippen molar-refractivity contribution in [3.8, 4) is 5.75 Å². The maximum absolute atomic E-state index is 12.9. The van der Waals surface area contributed by atoms with E-state index in [-0.39, 0.29) is 11.7 Å². The highest BCUT2D eigenvalue weighted by Gasteiger charge is 2.07. The molecule has 0 saturated carbocycles. The number of anilines is 1. The third-order valence-corrected chi connectivity index (χ3v) is 4.02. The summed E-state index contributed by atoms with van der Waals surface area (Å²) < 4.78 is 18.1. The molecule has 0 aliphatic rings. The van der Waals surface area contributed by atoms with E-state index < -0.39 is 0 Å². The second kappa shape index (κ2) is 8.80. The molecular formula is C21H20FN3O2. The molecule has 138 valence electrons. The maximum atomic E-state index is 12.9. The molecule has 0 bridgehead atoms. The van der Waals surface area contributed by atoms with Crippen molar-refractivity contribution in [1.82, 2.24) is 10.3 Å². The normalized spacial score (nSPS) is 10.3. The Morgan fingerprint density at radius 1 is 1.00 bits per heavy atom. The number of hydrogen-bond acceptors (Lipinski definition) is 4. The molecule has 0 spiro atoms. The third-order valence-electron chi connectivity index (χ3n) is 4.02. The van der Waals surface area contributed by atoms with Crippen LogP contribution in [0.3, 0.4) is 0 Å². The van der Waals surface area contributed by atoms with Crippen LogP contribution in [0.25, 0.3) is 0 Å². The maximum Gasteiger partial charge on any atom is 0.253 e. The summed E-state index contributed by atoms with van der Waals surface area (Å²) in [6.07, 6.45) is 3.18. The Labute approximate surface area is 157 Å². The number of benzene rings is 2. The number of nitrogens with one attached hydrogen (secondary N) is 2. The molecule has 0 atom stereocenters. The zero-order valence-electron chi connectivity index (χ0n) is 14.9. The summed E-state index contributed by atoms with van der Waals surface area (Å²) in [6.45, 7) is 0.926.